The topological polar surface area (TPSA) is 33.1 Å². The van der Waals surface area contributed by atoms with E-state index in [2.05, 4.69) is 11.6 Å². The van der Waals surface area contributed by atoms with Crippen LogP contribution in [0.2, 0.25) is 0 Å². The van der Waals surface area contributed by atoms with Gasteiger partial charge in [0.2, 0.25) is 0 Å². The van der Waals surface area contributed by atoms with Crippen molar-refractivity contribution in [3.05, 3.63) is 30.6 Å². The number of aromatic hydroxyl groups is 1. The molecule has 1 aromatic rings. The molecule has 0 atom stereocenters. The molecule has 9 heavy (non-hydrogen) atoms. The Bertz CT molecular complexity index is 220. The summed E-state index contributed by atoms with van der Waals surface area (Å²) < 4.78 is 0. The van der Waals surface area contributed by atoms with E-state index in [4.69, 9.17) is 5.11 Å². The predicted octanol–water partition coefficient (Wildman–Crippen LogP) is 1.43. The lowest BCUT2D eigenvalue weighted by atomic mass is 10.3. The summed E-state index contributed by atoms with van der Waals surface area (Å²) in [5, 5.41) is 9.00. The van der Waals surface area contributed by atoms with Crippen molar-refractivity contribution in [1.29, 1.82) is 0 Å². The monoisotopic (exact) mass is 121 g/mol. The molecule has 0 aliphatic carbocycles. The van der Waals surface area contributed by atoms with Crippen LogP contribution >= 0.6 is 0 Å². The Kier molecular flexibility index (Phi) is 1.49. The van der Waals surface area contributed by atoms with Gasteiger partial charge in [0, 0.05) is 18.0 Å². The fraction of sp³-hybridized carbons (Fsp3) is 0. The van der Waals surface area contributed by atoms with Gasteiger partial charge in [0.15, 0.2) is 0 Å². The van der Waals surface area contributed by atoms with Crippen LogP contribution in [0, 0.1) is 0 Å². The lowest BCUT2D eigenvalue weighted by Gasteiger charge is -1.93. The van der Waals surface area contributed by atoms with Gasteiger partial charge < -0.3 is 5.11 Å². The van der Waals surface area contributed by atoms with Crippen LogP contribution in [-0.4, -0.2) is 10.1 Å². The Labute approximate surface area is 53.5 Å². The third kappa shape index (κ3) is 1.08. The largest absolute Gasteiger partial charge is 0.507 e. The van der Waals surface area contributed by atoms with Gasteiger partial charge in [-0.1, -0.05) is 12.7 Å². The molecule has 2 nitrogen and oxygen atoms in total. The number of hydrogen-bond acceptors (Lipinski definition) is 2. The number of aromatic nitrogens is 1. The Morgan fingerprint density at radius 1 is 1.67 bits per heavy atom. The Morgan fingerprint density at radius 3 is 2.89 bits per heavy atom. The molecule has 0 bridgehead atoms. The maximum Gasteiger partial charge on any atom is 0.125 e. The molecule has 0 amide bonds. The molecule has 46 valence electrons. The van der Waals surface area contributed by atoms with Crippen LogP contribution in [0.5, 0.6) is 5.75 Å². The third-order valence-electron chi connectivity index (χ3n) is 1.05. The molecule has 2 heteroatoms. The van der Waals surface area contributed by atoms with Crippen molar-refractivity contribution in [2.75, 3.05) is 0 Å². The smallest absolute Gasteiger partial charge is 0.125 e. The maximum atomic E-state index is 9.00. The summed E-state index contributed by atoms with van der Waals surface area (Å²) in [6, 6.07) is 1.52. The summed E-state index contributed by atoms with van der Waals surface area (Å²) in [5.74, 6) is 0.222. The van der Waals surface area contributed by atoms with Crippen molar-refractivity contribution in [2.24, 2.45) is 0 Å². The van der Waals surface area contributed by atoms with E-state index in [9.17, 15) is 0 Å². The minimum atomic E-state index is 0.222. The first kappa shape index (κ1) is 5.82. The van der Waals surface area contributed by atoms with Crippen LogP contribution in [0.15, 0.2) is 25.0 Å². The molecule has 0 aliphatic rings. The first-order valence-corrected chi connectivity index (χ1v) is 2.60. The molecule has 0 saturated heterocycles. The minimum Gasteiger partial charge on any atom is -0.507 e. The van der Waals surface area contributed by atoms with Crippen molar-refractivity contribution in [2.45, 2.75) is 0 Å². The molecule has 0 aromatic carbocycles. The molecular formula is C7H7NO. The van der Waals surface area contributed by atoms with E-state index in [1.807, 2.05) is 0 Å². The normalized spacial score (nSPS) is 8.89. The molecule has 0 unspecified atom stereocenters. The summed E-state index contributed by atoms with van der Waals surface area (Å²) >= 11 is 0. The maximum absolute atomic E-state index is 9.00. The molecule has 1 N–H and O–H groups in total. The van der Waals surface area contributed by atoms with Crippen molar-refractivity contribution in [1.82, 2.24) is 4.98 Å². The summed E-state index contributed by atoms with van der Waals surface area (Å²) in [7, 11) is 0. The van der Waals surface area contributed by atoms with Gasteiger partial charge in [-0.15, -0.1) is 0 Å². The third-order valence-corrected chi connectivity index (χ3v) is 1.05. The molecular weight excluding hydrogens is 114 g/mol. The predicted molar refractivity (Wildman–Crippen MR) is 36.0 cm³/mol. The zero-order valence-corrected chi connectivity index (χ0v) is 4.91. The van der Waals surface area contributed by atoms with Crippen LogP contribution in [0.4, 0.5) is 0 Å². The standard InChI is InChI=1S/C7H7NO/c1-2-6-5-8-4-3-7(6)9/h2-5H,1H2,(H,8,9). The van der Waals surface area contributed by atoms with E-state index in [-0.39, 0.29) is 5.75 Å². The Morgan fingerprint density at radius 2 is 2.44 bits per heavy atom. The van der Waals surface area contributed by atoms with Gasteiger partial charge in [0.05, 0.1) is 0 Å². The van der Waals surface area contributed by atoms with Gasteiger partial charge >= 0.3 is 0 Å². The highest BCUT2D eigenvalue weighted by molar-refractivity contribution is 5.52. The van der Waals surface area contributed by atoms with Gasteiger partial charge in [0.25, 0.3) is 0 Å². The molecule has 0 fully saturated rings. The first-order valence-electron chi connectivity index (χ1n) is 2.60. The van der Waals surface area contributed by atoms with Gasteiger partial charge in [-0.3, -0.25) is 4.98 Å². The van der Waals surface area contributed by atoms with E-state index in [0.29, 0.717) is 5.56 Å². The van der Waals surface area contributed by atoms with E-state index in [1.165, 1.54) is 12.3 Å². The minimum absolute atomic E-state index is 0.222. The molecule has 0 saturated carbocycles. The summed E-state index contributed by atoms with van der Waals surface area (Å²) in [4.78, 5) is 3.79. The van der Waals surface area contributed by atoms with Gasteiger partial charge in [0.1, 0.15) is 5.75 Å². The van der Waals surface area contributed by atoms with Crippen molar-refractivity contribution < 1.29 is 5.11 Å². The second-order valence-corrected chi connectivity index (χ2v) is 1.64. The zero-order chi connectivity index (χ0) is 6.69. The van der Waals surface area contributed by atoms with E-state index >= 15 is 0 Å². The quantitative estimate of drug-likeness (QED) is 0.609. The van der Waals surface area contributed by atoms with E-state index < -0.39 is 0 Å². The van der Waals surface area contributed by atoms with E-state index in [0.717, 1.165) is 0 Å². The number of nitrogens with zero attached hydrogens (tertiary/aromatic N) is 1. The van der Waals surface area contributed by atoms with Crippen molar-refractivity contribution in [3.8, 4) is 5.75 Å². The molecule has 1 rings (SSSR count). The van der Waals surface area contributed by atoms with Crippen LogP contribution < -0.4 is 0 Å². The summed E-state index contributed by atoms with van der Waals surface area (Å²) in [6.07, 6.45) is 4.65. The fourth-order valence-electron chi connectivity index (χ4n) is 0.557. The highest BCUT2D eigenvalue weighted by Gasteiger charge is 1.91. The SMILES string of the molecule is C=Cc1cnccc1O. The molecule has 1 heterocycles. The lowest BCUT2D eigenvalue weighted by Crippen LogP contribution is -1.74. The van der Waals surface area contributed by atoms with Gasteiger partial charge in [-0.2, -0.15) is 0 Å². The Balaban J connectivity index is 3.15. The molecule has 0 aliphatic heterocycles. The van der Waals surface area contributed by atoms with Crippen LogP contribution in [0.3, 0.4) is 0 Å². The number of rotatable bonds is 1. The lowest BCUT2D eigenvalue weighted by molar-refractivity contribution is 0.473. The fourth-order valence-corrected chi connectivity index (χ4v) is 0.557. The van der Waals surface area contributed by atoms with E-state index in [1.54, 1.807) is 12.3 Å². The van der Waals surface area contributed by atoms with Crippen molar-refractivity contribution in [3.63, 3.8) is 0 Å². The highest BCUT2D eigenvalue weighted by atomic mass is 16.3. The Hall–Kier alpha value is -1.31. The average Bonchev–Trinajstić information content (AvgIpc) is 1.89. The molecule has 1 aromatic heterocycles. The first-order chi connectivity index (χ1) is 4.34. The molecule has 0 radical (unpaired) electrons. The highest BCUT2D eigenvalue weighted by Crippen LogP contribution is 2.13. The summed E-state index contributed by atoms with van der Waals surface area (Å²) in [5.41, 5.74) is 0.664. The number of pyridine rings is 1. The van der Waals surface area contributed by atoms with Crippen LogP contribution in [0.1, 0.15) is 5.56 Å². The van der Waals surface area contributed by atoms with Gasteiger partial charge in [-0.25, -0.2) is 0 Å². The summed E-state index contributed by atoms with van der Waals surface area (Å²) in [6.45, 7) is 3.49. The second-order valence-electron chi connectivity index (χ2n) is 1.64. The van der Waals surface area contributed by atoms with Gasteiger partial charge in [-0.05, 0) is 6.07 Å². The zero-order valence-electron chi connectivity index (χ0n) is 4.91. The van der Waals surface area contributed by atoms with Crippen LogP contribution in [0.25, 0.3) is 6.08 Å². The second kappa shape index (κ2) is 2.31. The average molecular weight is 121 g/mol. The van der Waals surface area contributed by atoms with Crippen LogP contribution in [-0.2, 0) is 0 Å². The number of hydrogen-bond donors (Lipinski definition) is 1. The van der Waals surface area contributed by atoms with Crippen molar-refractivity contribution >= 4 is 6.08 Å². The molecule has 0 spiro atoms.